The van der Waals surface area contributed by atoms with E-state index in [0.29, 0.717) is 39.6 Å². The zero-order valence-corrected chi connectivity index (χ0v) is 18.7. The topological polar surface area (TPSA) is 101 Å². The van der Waals surface area contributed by atoms with E-state index in [1.807, 2.05) is 6.08 Å². The molecule has 8 nitrogen and oxygen atoms in total. The maximum absolute atomic E-state index is 11.0. The fourth-order valence-corrected chi connectivity index (χ4v) is 2.00. The van der Waals surface area contributed by atoms with Gasteiger partial charge < -0.3 is 23.7 Å². The monoisotopic (exact) mass is 406 g/mol. The molecule has 0 aromatic carbocycles. The molecule has 0 aliphatic rings. The molecule has 0 heterocycles. The fourth-order valence-electron chi connectivity index (χ4n) is 1.36. The quantitative estimate of drug-likeness (QED) is 0.167. The van der Waals surface area contributed by atoms with E-state index in [-0.39, 0.29) is 19.6 Å². The predicted molar refractivity (Wildman–Crippen MR) is 101 cm³/mol. The number of ether oxygens (including phenoxy) is 5. The van der Waals surface area contributed by atoms with E-state index >= 15 is 0 Å². The van der Waals surface area contributed by atoms with Crippen molar-refractivity contribution in [1.82, 2.24) is 0 Å². The van der Waals surface area contributed by atoms with Gasteiger partial charge in [0.2, 0.25) is 0 Å². The summed E-state index contributed by atoms with van der Waals surface area (Å²) in [4.78, 5) is 0. The zero-order chi connectivity index (χ0) is 20.1. The summed E-state index contributed by atoms with van der Waals surface area (Å²) in [5.74, 6) is 0. The van der Waals surface area contributed by atoms with Crippen LogP contribution in [0.25, 0.3) is 0 Å². The molecule has 0 amide bonds. The third-order valence-corrected chi connectivity index (χ3v) is 4.31. The van der Waals surface area contributed by atoms with E-state index in [0.717, 1.165) is 0 Å². The summed E-state index contributed by atoms with van der Waals surface area (Å²) in [6.45, 7) is 9.78. The molecule has 0 aliphatic heterocycles. The van der Waals surface area contributed by atoms with Crippen molar-refractivity contribution in [2.45, 2.75) is 15.5 Å². The Labute approximate surface area is 175 Å². The molecule has 0 bridgehead atoms. The summed E-state index contributed by atoms with van der Waals surface area (Å²) in [7, 11) is -2.65. The first-order valence-electron chi connectivity index (χ1n) is 8.45. The number of rotatable bonds is 17. The first kappa shape index (κ1) is 28.4. The van der Waals surface area contributed by atoms with Gasteiger partial charge in [-0.1, -0.05) is 6.08 Å². The van der Waals surface area contributed by atoms with Crippen LogP contribution in [-0.2, 0) is 33.8 Å². The van der Waals surface area contributed by atoms with E-state index in [4.69, 9.17) is 28.2 Å². The van der Waals surface area contributed by atoms with Gasteiger partial charge >= 0.3 is 44.3 Å². The van der Waals surface area contributed by atoms with E-state index in [2.05, 4.69) is 13.2 Å². The summed E-state index contributed by atoms with van der Waals surface area (Å²) in [6, 6.07) is 0. The molecule has 0 saturated carbocycles. The zero-order valence-electron chi connectivity index (χ0n) is 15.9. The van der Waals surface area contributed by atoms with Gasteiger partial charge in [0.15, 0.2) is 5.44 Å². The summed E-state index contributed by atoms with van der Waals surface area (Å²) in [5, 5.41) is 0. The van der Waals surface area contributed by atoms with E-state index in [9.17, 15) is 8.42 Å². The average molecular weight is 406 g/mol. The Kier molecular flexibility index (Phi) is 23.5. The van der Waals surface area contributed by atoms with Crippen molar-refractivity contribution in [3.8, 4) is 0 Å². The van der Waals surface area contributed by atoms with Gasteiger partial charge in [-0.25, -0.2) is 0 Å². The van der Waals surface area contributed by atoms with Crippen LogP contribution in [0.4, 0.5) is 0 Å². The van der Waals surface area contributed by atoms with Crippen LogP contribution in [0.5, 0.6) is 0 Å². The Balaban J connectivity index is 0. The average Bonchev–Trinajstić information content (AvgIpc) is 2.61. The Morgan fingerprint density at radius 3 is 1.81 bits per heavy atom. The van der Waals surface area contributed by atoms with Crippen LogP contribution >= 0.6 is 0 Å². The van der Waals surface area contributed by atoms with Crippen LogP contribution in [0.2, 0.25) is 3.67 Å². The molecule has 0 spiro atoms. The third kappa shape index (κ3) is 22.2. The van der Waals surface area contributed by atoms with Gasteiger partial charge in [0, 0.05) is 13.5 Å². The molecule has 26 heavy (non-hydrogen) atoms. The molecule has 10 heteroatoms. The Morgan fingerprint density at radius 2 is 1.42 bits per heavy atom. The molecular formula is C16H31NaO8S. The van der Waals surface area contributed by atoms with Crippen LogP contribution < -0.4 is 0 Å². The normalized spacial score (nSPS) is 12.2. The van der Waals surface area contributed by atoms with Crippen LogP contribution in [-0.4, -0.2) is 106 Å². The second kappa shape index (κ2) is 21.5. The van der Waals surface area contributed by atoms with Crippen molar-refractivity contribution in [2.75, 3.05) is 60.0 Å². The molecule has 0 aromatic rings. The maximum atomic E-state index is 11.0. The molecule has 0 rings (SSSR count). The third-order valence-electron chi connectivity index (χ3n) is 2.69. The van der Waals surface area contributed by atoms with Crippen LogP contribution in [0, 0.1) is 0 Å². The first-order chi connectivity index (χ1) is 12.4. The van der Waals surface area contributed by atoms with Crippen LogP contribution in [0.1, 0.15) is 6.42 Å². The van der Waals surface area contributed by atoms with Crippen molar-refractivity contribution in [2.24, 2.45) is 0 Å². The molecule has 0 aliphatic carbocycles. The van der Waals surface area contributed by atoms with Crippen LogP contribution in [0.3, 0.4) is 0 Å². The van der Waals surface area contributed by atoms with E-state index < -0.39 is 15.6 Å². The standard InChI is InChI=1S/C13H26O8S.C3H5.Na/c1-3-5-21-13(22(14,15)16)4-6-18-9-10-20-12-11-19-8-7-17-2;1-3-2;/h3,13H,1,4-12H2,2H3,(H,14,15,16);3H,1-2H2;. The molecule has 150 valence electrons. The minimum atomic E-state index is -4.26. The SMILES string of the molecule is C=CCOC(CCOCCOCCOCCOC)S(=O)(=O)O.C=C[CH2][Na]. The molecule has 1 atom stereocenters. The van der Waals surface area contributed by atoms with E-state index in [1.165, 1.54) is 37.7 Å². The van der Waals surface area contributed by atoms with Gasteiger partial charge in [0.1, 0.15) is 0 Å². The van der Waals surface area contributed by atoms with Crippen LogP contribution in [0.15, 0.2) is 25.3 Å². The predicted octanol–water partition coefficient (Wildman–Crippen LogP) is 1.25. The second-order valence-corrected chi connectivity index (χ2v) is 7.25. The minimum absolute atomic E-state index is 0.0345. The molecular weight excluding hydrogens is 375 g/mol. The Bertz CT molecular complexity index is 416. The van der Waals surface area contributed by atoms with Crippen molar-refractivity contribution >= 4 is 38.0 Å². The van der Waals surface area contributed by atoms with Gasteiger partial charge in [-0.05, 0) is 0 Å². The molecule has 0 fully saturated rings. The summed E-state index contributed by atoms with van der Waals surface area (Å²) >= 11 is 1.27. The number of hydrogen-bond donors (Lipinski definition) is 1. The van der Waals surface area contributed by atoms with Crippen molar-refractivity contribution in [3.05, 3.63) is 25.3 Å². The summed E-state index contributed by atoms with van der Waals surface area (Å²) in [5.41, 5.74) is -1.30. The van der Waals surface area contributed by atoms with Gasteiger partial charge in [-0.15, -0.1) is 6.58 Å². The summed E-state index contributed by atoms with van der Waals surface area (Å²) < 4.78 is 57.7. The second-order valence-electron chi connectivity index (χ2n) is 4.88. The van der Waals surface area contributed by atoms with Gasteiger partial charge in [0.25, 0.3) is 10.1 Å². The van der Waals surface area contributed by atoms with Crippen molar-refractivity contribution < 1.29 is 36.7 Å². The van der Waals surface area contributed by atoms with Gasteiger partial charge in [-0.2, -0.15) is 8.42 Å². The van der Waals surface area contributed by atoms with Crippen molar-refractivity contribution in [1.29, 1.82) is 0 Å². The Hall–Kier alpha value is 0.190. The Morgan fingerprint density at radius 1 is 0.962 bits per heavy atom. The number of methoxy groups -OCH3 is 1. The van der Waals surface area contributed by atoms with E-state index in [1.54, 1.807) is 7.11 Å². The molecule has 0 aromatic heterocycles. The summed E-state index contributed by atoms with van der Waals surface area (Å²) in [6.07, 6.45) is 3.38. The molecule has 1 unspecified atom stereocenters. The number of allylic oxidation sites excluding steroid dienone is 1. The number of hydrogen-bond acceptors (Lipinski definition) is 7. The fraction of sp³-hybridized carbons (Fsp3) is 0.750. The van der Waals surface area contributed by atoms with Crippen molar-refractivity contribution in [3.63, 3.8) is 0 Å². The van der Waals surface area contributed by atoms with Gasteiger partial charge in [0.05, 0.1) is 52.9 Å². The molecule has 0 saturated heterocycles. The van der Waals surface area contributed by atoms with Gasteiger partial charge in [-0.3, -0.25) is 4.55 Å². The molecule has 1 N–H and O–H groups in total. The first-order valence-corrected chi connectivity index (χ1v) is 11.4. The molecule has 0 radical (unpaired) electrons.